The smallest absolute Gasteiger partial charge is 0.321 e. The summed E-state index contributed by atoms with van der Waals surface area (Å²) >= 11 is 0. The molecule has 0 bridgehead atoms. The monoisotopic (exact) mass is 271 g/mol. The Morgan fingerprint density at radius 3 is 2.65 bits per heavy atom. The van der Waals surface area contributed by atoms with Crippen LogP contribution in [0.5, 0.6) is 0 Å². The Balaban J connectivity index is 1.53. The summed E-state index contributed by atoms with van der Waals surface area (Å²) in [5, 5.41) is 0. The first-order chi connectivity index (χ1) is 9.83. The maximum atomic E-state index is 12.1. The molecule has 1 saturated heterocycles. The first kappa shape index (κ1) is 12.8. The van der Waals surface area contributed by atoms with Gasteiger partial charge in [-0.2, -0.15) is 0 Å². The van der Waals surface area contributed by atoms with Gasteiger partial charge < -0.3 is 4.90 Å². The number of pyridine rings is 1. The van der Waals surface area contributed by atoms with E-state index in [0.29, 0.717) is 0 Å². The lowest BCUT2D eigenvalue weighted by molar-refractivity contribution is 0.135. The van der Waals surface area contributed by atoms with Crippen LogP contribution in [0.25, 0.3) is 0 Å². The van der Waals surface area contributed by atoms with E-state index in [1.807, 2.05) is 29.3 Å². The van der Waals surface area contributed by atoms with Crippen LogP contribution in [0.3, 0.4) is 0 Å². The van der Waals surface area contributed by atoms with Gasteiger partial charge in [0.05, 0.1) is 5.69 Å². The van der Waals surface area contributed by atoms with E-state index < -0.39 is 0 Å². The molecule has 0 radical (unpaired) electrons. The molecule has 2 aromatic heterocycles. The van der Waals surface area contributed by atoms with Crippen LogP contribution < -0.4 is 0 Å². The third kappa shape index (κ3) is 2.85. The number of carbonyl (C=O) groups excluding carboxylic acids is 1. The molecule has 0 aliphatic carbocycles. The Bertz CT molecular complexity index is 546. The summed E-state index contributed by atoms with van der Waals surface area (Å²) in [6.07, 6.45) is 6.66. The molecule has 20 heavy (non-hydrogen) atoms. The number of hydrogen-bond donors (Lipinski definition) is 0. The lowest BCUT2D eigenvalue weighted by Crippen LogP contribution is -2.49. The number of carbonyl (C=O) groups is 1. The van der Waals surface area contributed by atoms with Crippen LogP contribution in [0.15, 0.2) is 43.1 Å². The van der Waals surface area contributed by atoms with Gasteiger partial charge in [0.1, 0.15) is 6.33 Å². The van der Waals surface area contributed by atoms with Gasteiger partial charge in [-0.15, -0.1) is 0 Å². The van der Waals surface area contributed by atoms with Gasteiger partial charge in [-0.05, 0) is 12.1 Å². The highest BCUT2D eigenvalue weighted by Gasteiger charge is 2.22. The number of amides is 1. The zero-order chi connectivity index (χ0) is 13.8. The van der Waals surface area contributed by atoms with Crippen LogP contribution in [0.1, 0.15) is 5.69 Å². The van der Waals surface area contributed by atoms with Crippen molar-refractivity contribution in [2.24, 2.45) is 0 Å². The number of imidazole rings is 1. The van der Waals surface area contributed by atoms with Gasteiger partial charge in [-0.3, -0.25) is 14.5 Å². The molecule has 3 heterocycles. The predicted octanol–water partition coefficient (Wildman–Crippen LogP) is 1.06. The van der Waals surface area contributed by atoms with Crippen LogP contribution in [0.4, 0.5) is 4.79 Å². The molecule has 0 unspecified atom stereocenters. The number of hydrogen-bond acceptors (Lipinski definition) is 4. The van der Waals surface area contributed by atoms with Gasteiger partial charge >= 0.3 is 6.03 Å². The quantitative estimate of drug-likeness (QED) is 0.819. The fourth-order valence-electron chi connectivity index (χ4n) is 2.35. The summed E-state index contributed by atoms with van der Waals surface area (Å²) in [7, 11) is 0. The maximum absolute atomic E-state index is 12.1. The van der Waals surface area contributed by atoms with E-state index in [4.69, 9.17) is 0 Å². The molecule has 1 aliphatic heterocycles. The van der Waals surface area contributed by atoms with Gasteiger partial charge in [-0.25, -0.2) is 9.78 Å². The second-order valence-corrected chi connectivity index (χ2v) is 4.84. The predicted molar refractivity (Wildman–Crippen MR) is 74.1 cm³/mol. The average Bonchev–Trinajstić information content (AvgIpc) is 3.03. The maximum Gasteiger partial charge on any atom is 0.329 e. The van der Waals surface area contributed by atoms with E-state index in [1.165, 1.54) is 4.57 Å². The highest BCUT2D eigenvalue weighted by Crippen LogP contribution is 2.08. The summed E-state index contributed by atoms with van der Waals surface area (Å²) < 4.78 is 1.52. The Labute approximate surface area is 117 Å². The molecule has 104 valence electrons. The number of rotatable bonds is 2. The van der Waals surface area contributed by atoms with E-state index in [0.717, 1.165) is 38.4 Å². The highest BCUT2D eigenvalue weighted by molar-refractivity contribution is 5.76. The van der Waals surface area contributed by atoms with Gasteiger partial charge in [-0.1, -0.05) is 6.07 Å². The summed E-state index contributed by atoms with van der Waals surface area (Å²) in [5.41, 5.74) is 1.07. The van der Waals surface area contributed by atoms with E-state index >= 15 is 0 Å². The molecular formula is C14H17N5O. The normalized spacial score (nSPS) is 16.3. The Hall–Kier alpha value is -2.21. The topological polar surface area (TPSA) is 54.3 Å². The Morgan fingerprint density at radius 2 is 2.00 bits per heavy atom. The standard InChI is InChI=1S/C14H17N5O/c20-14(19-6-5-15-12-19)18-9-7-17(8-10-18)11-13-3-1-2-4-16-13/h1-6,12H,7-11H2. The van der Waals surface area contributed by atoms with Gasteiger partial charge in [0.25, 0.3) is 0 Å². The summed E-state index contributed by atoms with van der Waals surface area (Å²) in [5.74, 6) is 0. The van der Waals surface area contributed by atoms with Crippen molar-refractivity contribution in [1.29, 1.82) is 0 Å². The molecule has 1 aliphatic rings. The van der Waals surface area contributed by atoms with E-state index in [-0.39, 0.29) is 6.03 Å². The average molecular weight is 271 g/mol. The van der Waals surface area contributed by atoms with Crippen molar-refractivity contribution in [2.75, 3.05) is 26.2 Å². The molecule has 6 nitrogen and oxygen atoms in total. The first-order valence-electron chi connectivity index (χ1n) is 6.72. The van der Waals surface area contributed by atoms with E-state index in [1.54, 1.807) is 18.7 Å². The Morgan fingerprint density at radius 1 is 1.15 bits per heavy atom. The number of nitrogens with zero attached hydrogens (tertiary/aromatic N) is 5. The molecule has 0 N–H and O–H groups in total. The lowest BCUT2D eigenvalue weighted by Gasteiger charge is -2.34. The minimum atomic E-state index is -0.0000129. The Kier molecular flexibility index (Phi) is 3.73. The number of aromatic nitrogens is 3. The van der Waals surface area contributed by atoms with Crippen molar-refractivity contribution in [3.8, 4) is 0 Å². The third-order valence-corrected chi connectivity index (χ3v) is 3.48. The largest absolute Gasteiger partial charge is 0.329 e. The molecule has 6 heteroatoms. The van der Waals surface area contributed by atoms with Crippen molar-refractivity contribution in [2.45, 2.75) is 6.54 Å². The molecule has 3 rings (SSSR count). The summed E-state index contributed by atoms with van der Waals surface area (Å²) in [4.78, 5) is 24.6. The van der Waals surface area contributed by atoms with Crippen LogP contribution in [-0.4, -0.2) is 56.5 Å². The van der Waals surface area contributed by atoms with E-state index in [2.05, 4.69) is 14.9 Å². The summed E-state index contributed by atoms with van der Waals surface area (Å²) in [6.45, 7) is 4.07. The molecule has 0 spiro atoms. The van der Waals surface area contributed by atoms with Crippen LogP contribution in [0, 0.1) is 0 Å². The molecule has 2 aromatic rings. The fourth-order valence-corrected chi connectivity index (χ4v) is 2.35. The van der Waals surface area contributed by atoms with Crippen molar-refractivity contribution >= 4 is 6.03 Å². The minimum absolute atomic E-state index is 0.0000129. The van der Waals surface area contributed by atoms with Gasteiger partial charge in [0.15, 0.2) is 0 Å². The molecule has 1 amide bonds. The van der Waals surface area contributed by atoms with Gasteiger partial charge in [0.2, 0.25) is 0 Å². The lowest BCUT2D eigenvalue weighted by atomic mass is 10.3. The fraction of sp³-hybridized carbons (Fsp3) is 0.357. The SMILES string of the molecule is O=C(N1CCN(Cc2ccccn2)CC1)n1ccnc1. The molecule has 0 atom stereocenters. The second-order valence-electron chi connectivity index (χ2n) is 4.84. The molecule has 0 aromatic carbocycles. The minimum Gasteiger partial charge on any atom is -0.321 e. The van der Waals surface area contributed by atoms with Crippen LogP contribution in [0.2, 0.25) is 0 Å². The van der Waals surface area contributed by atoms with Crippen molar-refractivity contribution in [3.63, 3.8) is 0 Å². The van der Waals surface area contributed by atoms with Crippen molar-refractivity contribution in [3.05, 3.63) is 48.8 Å². The van der Waals surface area contributed by atoms with E-state index in [9.17, 15) is 4.79 Å². The zero-order valence-corrected chi connectivity index (χ0v) is 11.2. The molecule has 1 fully saturated rings. The third-order valence-electron chi connectivity index (χ3n) is 3.48. The van der Waals surface area contributed by atoms with Crippen LogP contribution >= 0.6 is 0 Å². The summed E-state index contributed by atoms with van der Waals surface area (Å²) in [6, 6.07) is 5.95. The highest BCUT2D eigenvalue weighted by atomic mass is 16.2. The number of piperazine rings is 1. The first-order valence-corrected chi connectivity index (χ1v) is 6.72. The van der Waals surface area contributed by atoms with Crippen LogP contribution in [-0.2, 0) is 6.54 Å². The molecule has 0 saturated carbocycles. The molecular weight excluding hydrogens is 254 g/mol. The van der Waals surface area contributed by atoms with Crippen molar-refractivity contribution in [1.82, 2.24) is 24.3 Å². The second kappa shape index (κ2) is 5.83. The van der Waals surface area contributed by atoms with Gasteiger partial charge in [0, 0.05) is 51.3 Å². The zero-order valence-electron chi connectivity index (χ0n) is 11.2. The van der Waals surface area contributed by atoms with Crippen molar-refractivity contribution < 1.29 is 4.79 Å².